The summed E-state index contributed by atoms with van der Waals surface area (Å²) >= 11 is 0. The smallest absolute Gasteiger partial charge is 0.335 e. The fraction of sp³-hybridized carbons (Fsp3) is 0.235. The molecule has 5 nitrogen and oxygen atoms in total. The molecule has 2 rings (SSSR count). The Bertz CT molecular complexity index is 707. The molecular weight excluding hydrogens is 315 g/mol. The summed E-state index contributed by atoms with van der Waals surface area (Å²) in [5, 5.41) is 8.87. The minimum Gasteiger partial charge on any atom is -0.478 e. The van der Waals surface area contributed by atoms with Crippen molar-refractivity contribution in [3.8, 4) is 0 Å². The highest BCUT2D eigenvalue weighted by molar-refractivity contribution is 7.51. The van der Waals surface area contributed by atoms with Crippen LogP contribution in [0.4, 0.5) is 0 Å². The van der Waals surface area contributed by atoms with Gasteiger partial charge in [-0.1, -0.05) is 36.4 Å². The first-order valence-electron chi connectivity index (χ1n) is 7.26. The van der Waals surface area contributed by atoms with Crippen LogP contribution in [-0.4, -0.2) is 22.6 Å². The fourth-order valence-electron chi connectivity index (χ4n) is 2.24. The van der Waals surface area contributed by atoms with Crippen molar-refractivity contribution >= 4 is 13.6 Å². The maximum atomic E-state index is 11.7. The average molecular weight is 334 g/mol. The van der Waals surface area contributed by atoms with Crippen molar-refractivity contribution < 1.29 is 23.9 Å². The molecule has 1 unspecified atom stereocenters. The van der Waals surface area contributed by atoms with E-state index in [2.05, 4.69) is 0 Å². The number of carbonyl (C=O) groups is 1. The quantitative estimate of drug-likeness (QED) is 0.754. The van der Waals surface area contributed by atoms with Crippen molar-refractivity contribution in [2.75, 3.05) is 6.61 Å². The lowest BCUT2D eigenvalue weighted by Crippen LogP contribution is -1.97. The van der Waals surface area contributed by atoms with Crippen molar-refractivity contribution in [2.24, 2.45) is 0 Å². The highest BCUT2D eigenvalue weighted by atomic mass is 31.2. The molecule has 0 spiro atoms. The zero-order valence-electron chi connectivity index (χ0n) is 12.8. The van der Waals surface area contributed by atoms with Crippen LogP contribution in [0.2, 0.25) is 0 Å². The lowest BCUT2D eigenvalue weighted by Gasteiger charge is -2.11. The Kier molecular flexibility index (Phi) is 5.72. The van der Waals surface area contributed by atoms with Crippen molar-refractivity contribution in [3.63, 3.8) is 0 Å². The summed E-state index contributed by atoms with van der Waals surface area (Å²) < 4.78 is 16.6. The third kappa shape index (κ3) is 5.32. The van der Waals surface area contributed by atoms with E-state index in [4.69, 9.17) is 9.63 Å². The molecule has 0 radical (unpaired) electrons. The summed E-state index contributed by atoms with van der Waals surface area (Å²) in [7, 11) is -3.57. The lowest BCUT2D eigenvalue weighted by atomic mass is 10.0. The van der Waals surface area contributed by atoms with Gasteiger partial charge in [0.15, 0.2) is 0 Å². The van der Waals surface area contributed by atoms with Crippen molar-refractivity contribution in [3.05, 3.63) is 70.8 Å². The second kappa shape index (κ2) is 7.55. The van der Waals surface area contributed by atoms with E-state index in [1.54, 1.807) is 31.2 Å². The van der Waals surface area contributed by atoms with Gasteiger partial charge >= 0.3 is 13.6 Å². The fourth-order valence-corrected chi connectivity index (χ4v) is 3.41. The van der Waals surface area contributed by atoms with E-state index in [0.717, 1.165) is 16.7 Å². The number of hydrogen-bond donors (Lipinski definition) is 2. The van der Waals surface area contributed by atoms with Crippen LogP contribution >= 0.6 is 7.60 Å². The second-order valence-electron chi connectivity index (χ2n) is 5.21. The molecule has 0 fully saturated rings. The minimum absolute atomic E-state index is 0.00553. The van der Waals surface area contributed by atoms with Crippen LogP contribution in [0.25, 0.3) is 0 Å². The molecule has 2 N–H and O–H groups in total. The summed E-state index contributed by atoms with van der Waals surface area (Å²) in [6.45, 7) is 1.89. The predicted molar refractivity (Wildman–Crippen MR) is 87.8 cm³/mol. The highest BCUT2D eigenvalue weighted by Gasteiger charge is 2.18. The van der Waals surface area contributed by atoms with Crippen LogP contribution in [-0.2, 0) is 21.7 Å². The van der Waals surface area contributed by atoms with Gasteiger partial charge in [-0.05, 0) is 42.2 Å². The molecule has 0 bridgehead atoms. The molecule has 6 heteroatoms. The monoisotopic (exact) mass is 334 g/mol. The summed E-state index contributed by atoms with van der Waals surface area (Å²) in [5.41, 5.74) is 3.05. The van der Waals surface area contributed by atoms with E-state index in [0.29, 0.717) is 6.42 Å². The van der Waals surface area contributed by atoms with Gasteiger partial charge in [0.1, 0.15) is 0 Å². The van der Waals surface area contributed by atoms with Crippen LogP contribution in [0.1, 0.15) is 34.0 Å². The molecule has 2 aromatic carbocycles. The highest BCUT2D eigenvalue weighted by Crippen LogP contribution is 2.45. The van der Waals surface area contributed by atoms with Gasteiger partial charge in [-0.15, -0.1) is 0 Å². The van der Waals surface area contributed by atoms with Crippen LogP contribution in [0.5, 0.6) is 0 Å². The molecule has 2 aromatic rings. The molecule has 0 aromatic heterocycles. The molecule has 0 saturated carbocycles. The molecular formula is C17H19O5P. The third-order valence-electron chi connectivity index (χ3n) is 3.35. The topological polar surface area (TPSA) is 83.8 Å². The van der Waals surface area contributed by atoms with Crippen LogP contribution in [0, 0.1) is 0 Å². The summed E-state index contributed by atoms with van der Waals surface area (Å²) in [6.07, 6.45) is 0.664. The predicted octanol–water partition coefficient (Wildman–Crippen LogP) is 3.70. The molecule has 0 saturated heterocycles. The molecule has 0 aliphatic carbocycles. The molecule has 0 aliphatic rings. The van der Waals surface area contributed by atoms with E-state index in [-0.39, 0.29) is 18.3 Å². The molecule has 23 heavy (non-hydrogen) atoms. The Morgan fingerprint density at radius 1 is 1.00 bits per heavy atom. The SMILES string of the molecule is CCOP(=O)(O)Cc1ccc(Cc2ccc(C(=O)O)cc2)cc1. The maximum Gasteiger partial charge on any atom is 0.335 e. The Morgan fingerprint density at radius 2 is 1.48 bits per heavy atom. The van der Waals surface area contributed by atoms with Crippen LogP contribution in [0.3, 0.4) is 0 Å². The van der Waals surface area contributed by atoms with Gasteiger partial charge in [0.2, 0.25) is 0 Å². The molecule has 122 valence electrons. The van der Waals surface area contributed by atoms with Crippen molar-refractivity contribution in [2.45, 2.75) is 19.5 Å². The molecule has 0 aliphatic heterocycles. The van der Waals surface area contributed by atoms with Crippen LogP contribution < -0.4 is 0 Å². The van der Waals surface area contributed by atoms with Gasteiger partial charge in [0.05, 0.1) is 18.3 Å². The summed E-state index contributed by atoms with van der Waals surface area (Å²) in [4.78, 5) is 20.4. The van der Waals surface area contributed by atoms with Gasteiger partial charge in [0.25, 0.3) is 0 Å². The minimum atomic E-state index is -3.57. The Morgan fingerprint density at radius 3 is 1.96 bits per heavy atom. The van der Waals surface area contributed by atoms with Gasteiger partial charge in [0, 0.05) is 0 Å². The third-order valence-corrected chi connectivity index (χ3v) is 4.77. The number of rotatable bonds is 7. The average Bonchev–Trinajstić information content (AvgIpc) is 2.49. The number of carboxylic acid groups (broad SMARTS) is 1. The first-order chi connectivity index (χ1) is 10.9. The summed E-state index contributed by atoms with van der Waals surface area (Å²) in [5.74, 6) is -0.941. The standard InChI is InChI=1S/C17H19O5P/c1-2-22-23(20,21)12-15-5-3-13(4-6-15)11-14-7-9-16(10-8-14)17(18)19/h3-10H,2,11-12H2,1H3,(H,18,19)(H,20,21). The summed E-state index contributed by atoms with van der Waals surface area (Å²) in [6, 6.07) is 14.1. The zero-order chi connectivity index (χ0) is 16.9. The van der Waals surface area contributed by atoms with E-state index in [1.807, 2.05) is 24.3 Å². The largest absolute Gasteiger partial charge is 0.478 e. The Balaban J connectivity index is 2.02. The Labute approximate surface area is 135 Å². The first-order valence-corrected chi connectivity index (χ1v) is 9.02. The van der Waals surface area contributed by atoms with Gasteiger partial charge in [-0.25, -0.2) is 4.79 Å². The zero-order valence-corrected chi connectivity index (χ0v) is 13.7. The first kappa shape index (κ1) is 17.4. The molecule has 1 atom stereocenters. The van der Waals surface area contributed by atoms with Gasteiger partial charge < -0.3 is 14.5 Å². The number of carboxylic acids is 1. The van der Waals surface area contributed by atoms with Gasteiger partial charge in [-0.3, -0.25) is 4.57 Å². The maximum absolute atomic E-state index is 11.7. The molecule has 0 amide bonds. The number of hydrogen-bond acceptors (Lipinski definition) is 3. The van der Waals surface area contributed by atoms with E-state index in [9.17, 15) is 14.3 Å². The lowest BCUT2D eigenvalue weighted by molar-refractivity contribution is 0.0697. The van der Waals surface area contributed by atoms with Crippen molar-refractivity contribution in [1.29, 1.82) is 0 Å². The number of benzene rings is 2. The second-order valence-corrected chi connectivity index (χ2v) is 7.06. The molecule has 0 heterocycles. The van der Waals surface area contributed by atoms with E-state index in [1.165, 1.54) is 0 Å². The normalized spacial score (nSPS) is 13.5. The van der Waals surface area contributed by atoms with Crippen molar-refractivity contribution in [1.82, 2.24) is 0 Å². The number of aromatic carboxylic acids is 1. The van der Waals surface area contributed by atoms with Crippen LogP contribution in [0.15, 0.2) is 48.5 Å². The van der Waals surface area contributed by atoms with E-state index < -0.39 is 13.6 Å². The van der Waals surface area contributed by atoms with Gasteiger partial charge in [-0.2, -0.15) is 0 Å². The van der Waals surface area contributed by atoms with E-state index >= 15 is 0 Å². The Hall–Kier alpha value is -1.94.